The Bertz CT molecular complexity index is 1200. The van der Waals surface area contributed by atoms with Crippen molar-refractivity contribution in [2.75, 3.05) is 5.32 Å². The molecular weight excluding hydrogens is 427 g/mol. The van der Waals surface area contributed by atoms with Crippen LogP contribution in [0.3, 0.4) is 0 Å². The van der Waals surface area contributed by atoms with E-state index in [2.05, 4.69) is 20.3 Å². The lowest BCUT2D eigenvalue weighted by Gasteiger charge is -2.06. The van der Waals surface area contributed by atoms with Crippen molar-refractivity contribution in [1.82, 2.24) is 15.0 Å². The molecule has 0 bridgehead atoms. The minimum atomic E-state index is -0.310. The molecule has 0 saturated heterocycles. The molecule has 2 heterocycles. The minimum absolute atomic E-state index is 0.135. The topological polar surface area (TPSA) is 80.9 Å². The van der Waals surface area contributed by atoms with Crippen LogP contribution >= 0.6 is 11.8 Å². The molecule has 0 unspecified atom stereocenters. The molecule has 2 aromatic heterocycles. The second-order valence-corrected chi connectivity index (χ2v) is 8.27. The number of benzene rings is 2. The monoisotopic (exact) mass is 448 g/mol. The highest BCUT2D eigenvalue weighted by Gasteiger charge is 2.10. The number of carbonyl (C=O) groups excluding carboxylic acids is 1. The Morgan fingerprint density at radius 2 is 1.72 bits per heavy atom. The van der Waals surface area contributed by atoms with Gasteiger partial charge in [0, 0.05) is 40.4 Å². The highest BCUT2D eigenvalue weighted by atomic mass is 32.2. The summed E-state index contributed by atoms with van der Waals surface area (Å²) in [7, 11) is 0. The van der Waals surface area contributed by atoms with Gasteiger partial charge in [-0.2, -0.15) is 0 Å². The normalized spacial score (nSPS) is 10.8. The van der Waals surface area contributed by atoms with Crippen LogP contribution in [0.25, 0.3) is 11.3 Å². The summed E-state index contributed by atoms with van der Waals surface area (Å²) in [5.41, 5.74) is 3.30. The van der Waals surface area contributed by atoms with E-state index in [0.29, 0.717) is 28.9 Å². The molecule has 6 nitrogen and oxygen atoms in total. The van der Waals surface area contributed by atoms with Crippen LogP contribution in [0.5, 0.6) is 0 Å². The van der Waals surface area contributed by atoms with Gasteiger partial charge in [-0.1, -0.05) is 0 Å². The van der Waals surface area contributed by atoms with Crippen molar-refractivity contribution in [3.63, 3.8) is 0 Å². The van der Waals surface area contributed by atoms with Gasteiger partial charge in [0.2, 0.25) is 5.91 Å². The Labute approximate surface area is 189 Å². The summed E-state index contributed by atoms with van der Waals surface area (Å²) in [5.74, 6) is 0.556. The smallest absolute Gasteiger partial charge is 0.224 e. The van der Waals surface area contributed by atoms with Crippen molar-refractivity contribution in [3.8, 4) is 11.3 Å². The Morgan fingerprint density at radius 3 is 2.41 bits per heavy atom. The second kappa shape index (κ2) is 9.74. The lowest BCUT2D eigenvalue weighted by Crippen LogP contribution is -2.12. The number of amides is 1. The number of carbonyl (C=O) groups is 1. The maximum atomic E-state index is 13.0. The number of oxazole rings is 1. The lowest BCUT2D eigenvalue weighted by atomic mass is 10.2. The first kappa shape index (κ1) is 21.7. The third kappa shape index (κ3) is 5.79. The van der Waals surface area contributed by atoms with E-state index in [4.69, 9.17) is 4.42 Å². The Balaban J connectivity index is 1.29. The Kier molecular flexibility index (Phi) is 6.61. The third-order valence-corrected chi connectivity index (χ3v) is 5.43. The molecule has 162 valence electrons. The Morgan fingerprint density at radius 1 is 1.03 bits per heavy atom. The van der Waals surface area contributed by atoms with Crippen LogP contribution in [0.1, 0.15) is 23.7 Å². The van der Waals surface area contributed by atoms with Crippen molar-refractivity contribution in [2.45, 2.75) is 36.7 Å². The summed E-state index contributed by atoms with van der Waals surface area (Å²) in [6.45, 7) is 3.89. The number of halogens is 1. The number of aryl methyl sites for hydroxylation is 3. The van der Waals surface area contributed by atoms with Crippen molar-refractivity contribution >= 4 is 23.4 Å². The molecule has 0 fully saturated rings. The fraction of sp³-hybridized carbons (Fsp3) is 0.167. The van der Waals surface area contributed by atoms with E-state index in [9.17, 15) is 9.18 Å². The number of anilines is 1. The molecule has 0 aliphatic carbocycles. The van der Waals surface area contributed by atoms with E-state index in [1.807, 2.05) is 44.2 Å². The van der Waals surface area contributed by atoms with E-state index < -0.39 is 0 Å². The molecule has 4 aromatic rings. The summed E-state index contributed by atoms with van der Waals surface area (Å²) in [4.78, 5) is 26.4. The van der Waals surface area contributed by atoms with Crippen LogP contribution in [0.15, 0.2) is 75.3 Å². The molecule has 0 radical (unpaired) electrons. The maximum Gasteiger partial charge on any atom is 0.224 e. The summed E-state index contributed by atoms with van der Waals surface area (Å²) < 4.78 is 18.7. The van der Waals surface area contributed by atoms with Gasteiger partial charge >= 0.3 is 0 Å². The first-order valence-electron chi connectivity index (χ1n) is 10.1. The highest BCUT2D eigenvalue weighted by Crippen LogP contribution is 2.26. The summed E-state index contributed by atoms with van der Waals surface area (Å²) >= 11 is 1.48. The van der Waals surface area contributed by atoms with Gasteiger partial charge in [-0.15, -0.1) is 0 Å². The van der Waals surface area contributed by atoms with Crippen LogP contribution in [-0.4, -0.2) is 20.9 Å². The fourth-order valence-electron chi connectivity index (χ4n) is 3.07. The number of rotatable bonds is 7. The van der Waals surface area contributed by atoms with Gasteiger partial charge in [0.05, 0.1) is 6.20 Å². The lowest BCUT2D eigenvalue weighted by molar-refractivity contribution is -0.116. The maximum absolute atomic E-state index is 13.0. The SMILES string of the molecule is Cc1cc(C)nc(Sc2ccc(NC(=O)CCc3ncc(-c4ccc(F)cc4)o3)cc2)n1. The zero-order valence-corrected chi connectivity index (χ0v) is 18.4. The molecule has 1 amide bonds. The fourth-order valence-corrected chi connectivity index (χ4v) is 3.93. The van der Waals surface area contributed by atoms with Crippen LogP contribution in [-0.2, 0) is 11.2 Å². The van der Waals surface area contributed by atoms with E-state index in [0.717, 1.165) is 21.8 Å². The minimum Gasteiger partial charge on any atom is -0.441 e. The van der Waals surface area contributed by atoms with E-state index in [-0.39, 0.29) is 18.1 Å². The average molecular weight is 449 g/mol. The highest BCUT2D eigenvalue weighted by molar-refractivity contribution is 7.99. The number of aromatic nitrogens is 3. The van der Waals surface area contributed by atoms with Crippen molar-refractivity contribution in [1.29, 1.82) is 0 Å². The molecule has 1 N–H and O–H groups in total. The quantitative estimate of drug-likeness (QED) is 0.370. The zero-order chi connectivity index (χ0) is 22.5. The molecule has 2 aromatic carbocycles. The molecule has 32 heavy (non-hydrogen) atoms. The third-order valence-electron chi connectivity index (χ3n) is 4.56. The van der Waals surface area contributed by atoms with Crippen molar-refractivity contribution in [3.05, 3.63) is 83.9 Å². The van der Waals surface area contributed by atoms with Crippen LogP contribution in [0, 0.1) is 19.7 Å². The molecular formula is C24H21FN4O2S. The molecule has 8 heteroatoms. The van der Waals surface area contributed by atoms with Gasteiger partial charge in [-0.3, -0.25) is 4.79 Å². The first-order chi connectivity index (χ1) is 15.4. The van der Waals surface area contributed by atoms with Gasteiger partial charge in [0.25, 0.3) is 0 Å². The predicted molar refractivity (Wildman–Crippen MR) is 121 cm³/mol. The largest absolute Gasteiger partial charge is 0.441 e. The van der Waals surface area contributed by atoms with Gasteiger partial charge < -0.3 is 9.73 Å². The zero-order valence-electron chi connectivity index (χ0n) is 17.6. The van der Waals surface area contributed by atoms with Gasteiger partial charge in [-0.25, -0.2) is 19.3 Å². The standard InChI is InChI=1S/C24H21FN4O2S/c1-15-13-16(2)28-24(27-15)32-20-9-7-19(8-10-20)29-22(30)11-12-23-26-14-21(31-23)17-3-5-18(25)6-4-17/h3-10,13-14H,11-12H2,1-2H3,(H,29,30). The molecule has 0 spiro atoms. The average Bonchev–Trinajstić information content (AvgIpc) is 3.23. The number of hydrogen-bond donors (Lipinski definition) is 1. The molecule has 4 rings (SSSR count). The summed E-state index contributed by atoms with van der Waals surface area (Å²) in [5, 5.41) is 3.57. The van der Waals surface area contributed by atoms with Gasteiger partial charge in [0.15, 0.2) is 16.8 Å². The van der Waals surface area contributed by atoms with E-state index in [1.54, 1.807) is 18.3 Å². The predicted octanol–water partition coefficient (Wildman–Crippen LogP) is 5.61. The molecule has 0 aliphatic heterocycles. The van der Waals surface area contributed by atoms with E-state index in [1.165, 1.54) is 23.9 Å². The summed E-state index contributed by atoms with van der Waals surface area (Å²) in [6.07, 6.45) is 2.18. The van der Waals surface area contributed by atoms with Gasteiger partial charge in [-0.05, 0) is 80.2 Å². The number of hydrogen-bond acceptors (Lipinski definition) is 6. The Hall–Kier alpha value is -3.52. The van der Waals surface area contributed by atoms with Crippen LogP contribution in [0.4, 0.5) is 10.1 Å². The molecule has 0 atom stereocenters. The molecule has 0 saturated carbocycles. The van der Waals surface area contributed by atoms with Crippen molar-refractivity contribution in [2.24, 2.45) is 0 Å². The number of nitrogens with one attached hydrogen (secondary N) is 1. The van der Waals surface area contributed by atoms with Gasteiger partial charge in [0.1, 0.15) is 5.82 Å². The molecule has 0 aliphatic rings. The first-order valence-corrected chi connectivity index (χ1v) is 10.9. The van der Waals surface area contributed by atoms with Crippen LogP contribution in [0.2, 0.25) is 0 Å². The number of nitrogens with zero attached hydrogens (tertiary/aromatic N) is 3. The van der Waals surface area contributed by atoms with E-state index >= 15 is 0 Å². The van der Waals surface area contributed by atoms with Crippen LogP contribution < -0.4 is 5.32 Å². The summed E-state index contributed by atoms with van der Waals surface area (Å²) in [6, 6.07) is 15.5. The van der Waals surface area contributed by atoms with Crippen molar-refractivity contribution < 1.29 is 13.6 Å². The second-order valence-electron chi connectivity index (χ2n) is 7.23.